The Morgan fingerprint density at radius 2 is 1.64 bits per heavy atom. The molecular formula is C19H18O6. The van der Waals surface area contributed by atoms with Gasteiger partial charge >= 0.3 is 0 Å². The highest BCUT2D eigenvalue weighted by atomic mass is 16.5. The van der Waals surface area contributed by atoms with Crippen molar-refractivity contribution in [2.75, 3.05) is 0 Å². The lowest BCUT2D eigenvalue weighted by molar-refractivity contribution is 0.131. The van der Waals surface area contributed by atoms with Crippen LogP contribution in [0.2, 0.25) is 0 Å². The molecule has 0 radical (unpaired) electrons. The standard InChI is InChI=1S/C19H18O6/c1-19(2,3)25-12-6-4-10(5-7-12)18-17(23)16(22)15-13(21)8-11(20)9-14(15)24-18/h4-9,20-21,23H,1-3H3. The summed E-state index contributed by atoms with van der Waals surface area (Å²) < 4.78 is 11.3. The smallest absolute Gasteiger partial charge is 0.238 e. The summed E-state index contributed by atoms with van der Waals surface area (Å²) in [5.41, 5.74) is -0.691. The van der Waals surface area contributed by atoms with Gasteiger partial charge < -0.3 is 24.5 Å². The van der Waals surface area contributed by atoms with Crippen LogP contribution in [-0.4, -0.2) is 20.9 Å². The third-order valence-corrected chi connectivity index (χ3v) is 3.48. The van der Waals surface area contributed by atoms with E-state index in [1.54, 1.807) is 24.3 Å². The second kappa shape index (κ2) is 5.73. The van der Waals surface area contributed by atoms with Crippen LogP contribution in [0, 0.1) is 0 Å². The molecule has 0 aliphatic heterocycles. The van der Waals surface area contributed by atoms with Crippen LogP contribution in [0.5, 0.6) is 23.0 Å². The number of hydrogen-bond donors (Lipinski definition) is 3. The number of benzene rings is 2. The van der Waals surface area contributed by atoms with E-state index in [-0.39, 0.29) is 28.1 Å². The summed E-state index contributed by atoms with van der Waals surface area (Å²) in [5.74, 6) is -0.741. The molecule has 3 N–H and O–H groups in total. The minimum Gasteiger partial charge on any atom is -0.508 e. The highest BCUT2D eigenvalue weighted by molar-refractivity contribution is 5.88. The summed E-state index contributed by atoms with van der Waals surface area (Å²) in [6.45, 7) is 5.77. The van der Waals surface area contributed by atoms with Crippen LogP contribution in [0.25, 0.3) is 22.3 Å². The van der Waals surface area contributed by atoms with Crippen LogP contribution < -0.4 is 10.2 Å². The third-order valence-electron chi connectivity index (χ3n) is 3.48. The topological polar surface area (TPSA) is 100 Å². The van der Waals surface area contributed by atoms with Crippen molar-refractivity contribution in [2.24, 2.45) is 0 Å². The number of hydrogen-bond acceptors (Lipinski definition) is 6. The first kappa shape index (κ1) is 16.7. The molecule has 0 aliphatic carbocycles. The van der Waals surface area contributed by atoms with Gasteiger partial charge in [0, 0.05) is 17.7 Å². The van der Waals surface area contributed by atoms with E-state index < -0.39 is 16.9 Å². The second-order valence-electron chi connectivity index (χ2n) is 6.69. The van der Waals surface area contributed by atoms with Crippen LogP contribution in [0.1, 0.15) is 20.8 Å². The molecule has 0 fully saturated rings. The fourth-order valence-corrected chi connectivity index (χ4v) is 2.50. The van der Waals surface area contributed by atoms with Crippen molar-refractivity contribution >= 4 is 11.0 Å². The predicted molar refractivity (Wildman–Crippen MR) is 93.3 cm³/mol. The van der Waals surface area contributed by atoms with E-state index >= 15 is 0 Å². The zero-order valence-corrected chi connectivity index (χ0v) is 14.0. The molecule has 0 aliphatic rings. The summed E-state index contributed by atoms with van der Waals surface area (Å²) in [5, 5.41) is 29.4. The maximum absolute atomic E-state index is 12.3. The van der Waals surface area contributed by atoms with Crippen molar-refractivity contribution in [1.82, 2.24) is 0 Å². The summed E-state index contributed by atoms with van der Waals surface area (Å²) in [7, 11) is 0. The molecule has 1 heterocycles. The molecule has 25 heavy (non-hydrogen) atoms. The molecule has 0 amide bonds. The molecular weight excluding hydrogens is 324 g/mol. The van der Waals surface area contributed by atoms with E-state index in [0.717, 1.165) is 6.07 Å². The first-order valence-electron chi connectivity index (χ1n) is 7.67. The Kier molecular flexibility index (Phi) is 3.83. The summed E-state index contributed by atoms with van der Waals surface area (Å²) >= 11 is 0. The molecule has 0 bridgehead atoms. The monoisotopic (exact) mass is 342 g/mol. The lowest BCUT2D eigenvalue weighted by atomic mass is 10.1. The van der Waals surface area contributed by atoms with Gasteiger partial charge in [-0.2, -0.15) is 0 Å². The van der Waals surface area contributed by atoms with Crippen LogP contribution in [-0.2, 0) is 0 Å². The van der Waals surface area contributed by atoms with E-state index in [9.17, 15) is 20.1 Å². The highest BCUT2D eigenvalue weighted by Gasteiger charge is 2.19. The van der Waals surface area contributed by atoms with E-state index in [1.165, 1.54) is 6.07 Å². The van der Waals surface area contributed by atoms with E-state index in [4.69, 9.17) is 9.15 Å². The fourth-order valence-electron chi connectivity index (χ4n) is 2.50. The molecule has 1 aromatic heterocycles. The number of phenolic OH excluding ortho intramolecular Hbond substituents is 2. The van der Waals surface area contributed by atoms with Gasteiger partial charge in [0.15, 0.2) is 5.76 Å². The largest absolute Gasteiger partial charge is 0.508 e. The lowest BCUT2D eigenvalue weighted by Gasteiger charge is -2.21. The van der Waals surface area contributed by atoms with E-state index in [2.05, 4.69) is 0 Å². The van der Waals surface area contributed by atoms with Crippen LogP contribution in [0.3, 0.4) is 0 Å². The minimum atomic E-state index is -0.774. The van der Waals surface area contributed by atoms with E-state index in [1.807, 2.05) is 20.8 Å². The average Bonchev–Trinajstić information content (AvgIpc) is 2.49. The molecule has 0 spiro atoms. The minimum absolute atomic E-state index is 0.0229. The first-order chi connectivity index (χ1) is 11.7. The Balaban J connectivity index is 2.13. The van der Waals surface area contributed by atoms with Gasteiger partial charge in [-0.05, 0) is 45.0 Å². The molecule has 3 aromatic rings. The fraction of sp³-hybridized carbons (Fsp3) is 0.211. The van der Waals surface area contributed by atoms with Crippen molar-refractivity contribution in [2.45, 2.75) is 26.4 Å². The van der Waals surface area contributed by atoms with Crippen LogP contribution >= 0.6 is 0 Å². The average molecular weight is 342 g/mol. The molecule has 0 saturated heterocycles. The normalized spacial score (nSPS) is 11.6. The number of aromatic hydroxyl groups is 3. The SMILES string of the molecule is CC(C)(C)Oc1ccc(-c2oc3cc(O)cc(O)c3c(=O)c2O)cc1. The summed E-state index contributed by atoms with van der Waals surface area (Å²) in [6.07, 6.45) is 0. The van der Waals surface area contributed by atoms with Crippen molar-refractivity contribution in [3.05, 3.63) is 46.6 Å². The Morgan fingerprint density at radius 3 is 2.24 bits per heavy atom. The predicted octanol–water partition coefficient (Wildman–Crippen LogP) is 3.75. The molecule has 130 valence electrons. The molecule has 2 aromatic carbocycles. The highest BCUT2D eigenvalue weighted by Crippen LogP contribution is 2.35. The number of ether oxygens (including phenoxy) is 1. The van der Waals surface area contributed by atoms with Gasteiger partial charge in [0.1, 0.15) is 33.8 Å². The zero-order valence-electron chi connectivity index (χ0n) is 14.0. The third kappa shape index (κ3) is 3.24. The Hall–Kier alpha value is -3.15. The lowest BCUT2D eigenvalue weighted by Crippen LogP contribution is -2.22. The zero-order chi connectivity index (χ0) is 18.4. The van der Waals surface area contributed by atoms with Crippen LogP contribution in [0.4, 0.5) is 0 Å². The van der Waals surface area contributed by atoms with Crippen molar-refractivity contribution in [1.29, 1.82) is 0 Å². The van der Waals surface area contributed by atoms with Gasteiger partial charge in [0.2, 0.25) is 11.2 Å². The number of fused-ring (bicyclic) bond motifs is 1. The maximum atomic E-state index is 12.3. The summed E-state index contributed by atoms with van der Waals surface area (Å²) in [4.78, 5) is 12.3. The Labute approximate surface area is 143 Å². The quantitative estimate of drug-likeness (QED) is 0.656. The first-order valence-corrected chi connectivity index (χ1v) is 7.67. The van der Waals surface area contributed by atoms with Gasteiger partial charge in [-0.15, -0.1) is 0 Å². The van der Waals surface area contributed by atoms with E-state index in [0.29, 0.717) is 11.3 Å². The molecule has 6 nitrogen and oxygen atoms in total. The number of rotatable bonds is 2. The second-order valence-corrected chi connectivity index (χ2v) is 6.69. The van der Waals surface area contributed by atoms with Crippen molar-refractivity contribution in [3.63, 3.8) is 0 Å². The van der Waals surface area contributed by atoms with Crippen molar-refractivity contribution < 1.29 is 24.5 Å². The van der Waals surface area contributed by atoms with Gasteiger partial charge in [-0.25, -0.2) is 0 Å². The number of phenols is 2. The Morgan fingerprint density at radius 1 is 1.00 bits per heavy atom. The maximum Gasteiger partial charge on any atom is 0.238 e. The molecule has 0 atom stereocenters. The molecule has 0 unspecified atom stereocenters. The molecule has 0 saturated carbocycles. The summed E-state index contributed by atoms with van der Waals surface area (Å²) in [6, 6.07) is 8.91. The van der Waals surface area contributed by atoms with Gasteiger partial charge in [-0.3, -0.25) is 4.79 Å². The Bertz CT molecular complexity index is 994. The van der Waals surface area contributed by atoms with Crippen LogP contribution in [0.15, 0.2) is 45.6 Å². The van der Waals surface area contributed by atoms with Crippen molar-refractivity contribution in [3.8, 4) is 34.3 Å². The van der Waals surface area contributed by atoms with Gasteiger partial charge in [0.25, 0.3) is 0 Å². The molecule has 3 rings (SSSR count). The van der Waals surface area contributed by atoms with Gasteiger partial charge in [0.05, 0.1) is 0 Å². The molecule has 6 heteroatoms. The van der Waals surface area contributed by atoms with Gasteiger partial charge in [-0.1, -0.05) is 0 Å².